The van der Waals surface area contributed by atoms with E-state index in [9.17, 15) is 9.90 Å². The van der Waals surface area contributed by atoms with Crippen LogP contribution in [0.2, 0.25) is 0 Å². The van der Waals surface area contributed by atoms with E-state index in [1.807, 2.05) is 36.7 Å². The van der Waals surface area contributed by atoms with Crippen LogP contribution in [-0.2, 0) is 13.0 Å². The van der Waals surface area contributed by atoms with Crippen LogP contribution >= 0.6 is 0 Å². The van der Waals surface area contributed by atoms with E-state index in [1.54, 1.807) is 31.4 Å². The predicted octanol–water partition coefficient (Wildman–Crippen LogP) is 5.61. The lowest BCUT2D eigenvalue weighted by Gasteiger charge is -2.37. The number of aliphatic hydroxyl groups is 1. The second-order valence-electron chi connectivity index (χ2n) is 11.9. The summed E-state index contributed by atoms with van der Waals surface area (Å²) >= 11 is 0. The van der Waals surface area contributed by atoms with Gasteiger partial charge in [-0.1, -0.05) is 18.2 Å². The Morgan fingerprint density at radius 2 is 1.89 bits per heavy atom. The third-order valence-electron chi connectivity index (χ3n) is 8.01. The Labute approximate surface area is 224 Å². The minimum Gasteiger partial charge on any atom is -0.389 e. The molecule has 0 saturated carbocycles. The van der Waals surface area contributed by atoms with Gasteiger partial charge in [-0.15, -0.1) is 0 Å². The summed E-state index contributed by atoms with van der Waals surface area (Å²) in [6.45, 7) is 5.85. The van der Waals surface area contributed by atoms with Gasteiger partial charge in [-0.2, -0.15) is 0 Å². The van der Waals surface area contributed by atoms with Gasteiger partial charge in [-0.05, 0) is 98.2 Å². The number of aromatic nitrogens is 2. The molecule has 0 bridgehead atoms. The van der Waals surface area contributed by atoms with Crippen LogP contribution in [-0.4, -0.2) is 63.6 Å². The van der Waals surface area contributed by atoms with Crippen molar-refractivity contribution < 1.29 is 9.90 Å². The van der Waals surface area contributed by atoms with Gasteiger partial charge < -0.3 is 19.9 Å². The molecule has 6 nitrogen and oxygen atoms in total. The number of nitrogens with one attached hydrogen (secondary N) is 1. The highest BCUT2D eigenvalue weighted by molar-refractivity contribution is 5.98. The highest BCUT2D eigenvalue weighted by atomic mass is 16.3. The zero-order chi connectivity index (χ0) is 26.6. The number of aromatic amines is 1. The molecule has 0 saturated heterocycles. The molecule has 2 aromatic heterocycles. The Bertz CT molecular complexity index is 1510. The number of hydrogen-bond donors (Lipinski definition) is 2. The lowest BCUT2D eigenvalue weighted by molar-refractivity contribution is 0.0368. The molecular formula is C32H36N4O2. The van der Waals surface area contributed by atoms with Gasteiger partial charge in [0.05, 0.1) is 5.60 Å². The molecule has 6 heteroatoms. The van der Waals surface area contributed by atoms with Crippen LogP contribution in [0.3, 0.4) is 0 Å². The van der Waals surface area contributed by atoms with Crippen molar-refractivity contribution in [2.45, 2.75) is 51.2 Å². The van der Waals surface area contributed by atoms with Crippen LogP contribution in [0.25, 0.3) is 33.3 Å². The van der Waals surface area contributed by atoms with Crippen LogP contribution in [0.4, 0.5) is 0 Å². The normalized spacial score (nSPS) is 17.4. The van der Waals surface area contributed by atoms with Crippen molar-refractivity contribution in [1.82, 2.24) is 19.8 Å². The fourth-order valence-electron chi connectivity index (χ4n) is 6.47. The van der Waals surface area contributed by atoms with Crippen LogP contribution in [0, 0.1) is 0 Å². The number of pyridine rings is 1. The molecule has 6 rings (SSSR count). The number of rotatable bonds is 5. The number of nitrogens with zero attached hydrogens (tertiary/aromatic N) is 3. The van der Waals surface area contributed by atoms with Gasteiger partial charge in [0.1, 0.15) is 5.65 Å². The first kappa shape index (κ1) is 24.8. The maximum Gasteiger partial charge on any atom is 0.253 e. The largest absolute Gasteiger partial charge is 0.389 e. The molecule has 4 aromatic rings. The summed E-state index contributed by atoms with van der Waals surface area (Å²) < 4.78 is 0. The number of likely N-dealkylation sites (N-methyl/N-ethyl adjacent to an activating group) is 2. The Morgan fingerprint density at radius 3 is 2.66 bits per heavy atom. The quantitative estimate of drug-likeness (QED) is 0.368. The monoisotopic (exact) mass is 508 g/mol. The Hall–Kier alpha value is -3.48. The van der Waals surface area contributed by atoms with Gasteiger partial charge in [0.15, 0.2) is 0 Å². The summed E-state index contributed by atoms with van der Waals surface area (Å²) in [5, 5.41) is 11.1. The van der Waals surface area contributed by atoms with E-state index in [-0.39, 0.29) is 12.5 Å². The smallest absolute Gasteiger partial charge is 0.253 e. The van der Waals surface area contributed by atoms with Gasteiger partial charge in [-0.25, -0.2) is 4.98 Å². The second kappa shape index (κ2) is 9.37. The molecule has 1 unspecified atom stereocenters. The molecule has 0 radical (unpaired) electrons. The Kier molecular flexibility index (Phi) is 6.12. The highest BCUT2D eigenvalue weighted by Crippen LogP contribution is 2.41. The van der Waals surface area contributed by atoms with E-state index in [4.69, 9.17) is 4.98 Å². The molecule has 2 aliphatic rings. The fourth-order valence-corrected chi connectivity index (χ4v) is 6.47. The van der Waals surface area contributed by atoms with Gasteiger partial charge in [-0.3, -0.25) is 4.79 Å². The fraction of sp³-hybridized carbons (Fsp3) is 0.375. The van der Waals surface area contributed by atoms with E-state index in [2.05, 4.69) is 35.1 Å². The number of aryl methyl sites for hydroxylation is 1. The zero-order valence-electron chi connectivity index (χ0n) is 22.7. The molecule has 1 atom stereocenters. The van der Waals surface area contributed by atoms with Crippen molar-refractivity contribution in [1.29, 1.82) is 0 Å². The third-order valence-corrected chi connectivity index (χ3v) is 8.01. The van der Waals surface area contributed by atoms with E-state index in [0.717, 1.165) is 40.7 Å². The number of carbonyl (C=O) groups excluding carboxylic acids is 1. The third kappa shape index (κ3) is 4.63. The van der Waals surface area contributed by atoms with Gasteiger partial charge >= 0.3 is 0 Å². The molecule has 0 spiro atoms. The van der Waals surface area contributed by atoms with E-state index < -0.39 is 5.60 Å². The highest BCUT2D eigenvalue weighted by Gasteiger charge is 2.29. The molecule has 1 aliphatic heterocycles. The molecule has 1 aliphatic carbocycles. The number of carbonyl (C=O) groups is 1. The SMILES string of the molecule is CN1Cc2cc(-c3cnc4[nH]cc(-c5ccc(C(=O)N(C)CC(C)(C)O)cc5)c4c3)cc3c2C(CCC3)C1. The second-order valence-corrected chi connectivity index (χ2v) is 11.9. The molecular weight excluding hydrogens is 472 g/mol. The number of benzene rings is 2. The number of H-pyrrole nitrogens is 1. The van der Waals surface area contributed by atoms with Gasteiger partial charge in [0.25, 0.3) is 5.91 Å². The summed E-state index contributed by atoms with van der Waals surface area (Å²) in [5.41, 5.74) is 9.59. The van der Waals surface area contributed by atoms with Crippen LogP contribution < -0.4 is 0 Å². The predicted molar refractivity (Wildman–Crippen MR) is 152 cm³/mol. The minimum absolute atomic E-state index is 0.106. The first-order chi connectivity index (χ1) is 18.2. The average molecular weight is 509 g/mol. The average Bonchev–Trinajstić information content (AvgIpc) is 3.30. The Morgan fingerprint density at radius 1 is 1.13 bits per heavy atom. The maximum absolute atomic E-state index is 12.8. The Balaban J connectivity index is 1.33. The van der Waals surface area contributed by atoms with Crippen molar-refractivity contribution in [2.75, 3.05) is 27.2 Å². The molecule has 2 aromatic carbocycles. The maximum atomic E-state index is 12.8. The topological polar surface area (TPSA) is 72.5 Å². The summed E-state index contributed by atoms with van der Waals surface area (Å²) in [7, 11) is 3.95. The van der Waals surface area contributed by atoms with E-state index in [0.29, 0.717) is 11.5 Å². The minimum atomic E-state index is -0.938. The summed E-state index contributed by atoms with van der Waals surface area (Å²) in [4.78, 5) is 24.9. The first-order valence-corrected chi connectivity index (χ1v) is 13.6. The molecule has 1 amide bonds. The van der Waals surface area contributed by atoms with Crippen molar-refractivity contribution in [3.8, 4) is 22.3 Å². The van der Waals surface area contributed by atoms with Crippen LogP contribution in [0.15, 0.2) is 54.9 Å². The summed E-state index contributed by atoms with van der Waals surface area (Å²) in [6.07, 6.45) is 7.69. The molecule has 2 N–H and O–H groups in total. The number of fused-ring (bicyclic) bond motifs is 1. The molecule has 38 heavy (non-hydrogen) atoms. The van der Waals surface area contributed by atoms with Crippen molar-refractivity contribution in [3.05, 3.63) is 77.1 Å². The zero-order valence-corrected chi connectivity index (χ0v) is 22.7. The molecule has 196 valence electrons. The number of hydrogen-bond acceptors (Lipinski definition) is 4. The van der Waals surface area contributed by atoms with Gasteiger partial charge in [0, 0.05) is 61.2 Å². The van der Waals surface area contributed by atoms with Crippen LogP contribution in [0.5, 0.6) is 0 Å². The molecule has 3 heterocycles. The van der Waals surface area contributed by atoms with Gasteiger partial charge in [0.2, 0.25) is 0 Å². The van der Waals surface area contributed by atoms with Crippen molar-refractivity contribution in [2.24, 2.45) is 0 Å². The number of amides is 1. The lowest BCUT2D eigenvalue weighted by Crippen LogP contribution is -2.39. The van der Waals surface area contributed by atoms with E-state index in [1.165, 1.54) is 36.1 Å². The van der Waals surface area contributed by atoms with Crippen LogP contribution in [0.1, 0.15) is 59.7 Å². The molecule has 0 fully saturated rings. The summed E-state index contributed by atoms with van der Waals surface area (Å²) in [6, 6.07) is 14.7. The lowest BCUT2D eigenvalue weighted by atomic mass is 9.76. The summed E-state index contributed by atoms with van der Waals surface area (Å²) in [5.74, 6) is 0.564. The first-order valence-electron chi connectivity index (χ1n) is 13.6. The van der Waals surface area contributed by atoms with Crippen molar-refractivity contribution >= 4 is 16.9 Å². The standard InChI is InChI=1S/C32H36N4O2/c1-32(2,38)19-36(4)31(37)21-10-8-20(9-11-21)28-16-34-30-27(28)14-25(15-33-30)24-12-22-6-5-7-23-17-35(3)18-26(13-24)29(22)23/h8-16,23,38H,5-7,17-19H2,1-4H3,(H,33,34). The van der Waals surface area contributed by atoms with E-state index >= 15 is 0 Å². The van der Waals surface area contributed by atoms with Crippen molar-refractivity contribution in [3.63, 3.8) is 0 Å².